The number of benzene rings is 2. The van der Waals surface area contributed by atoms with Gasteiger partial charge < -0.3 is 24.3 Å². The molecule has 1 atom stereocenters. The van der Waals surface area contributed by atoms with Crippen LogP contribution < -0.4 is 24.3 Å². The molecule has 0 saturated carbocycles. The van der Waals surface area contributed by atoms with Crippen molar-refractivity contribution in [2.24, 2.45) is 10.2 Å². The van der Waals surface area contributed by atoms with Gasteiger partial charge >= 0.3 is 0 Å². The summed E-state index contributed by atoms with van der Waals surface area (Å²) in [6, 6.07) is 4.82. The summed E-state index contributed by atoms with van der Waals surface area (Å²) in [7, 11) is 0. The Balaban J connectivity index is 2.36. The maximum Gasteiger partial charge on any atom is 0.258 e. The van der Waals surface area contributed by atoms with Gasteiger partial charge in [-0.25, -0.2) is 0 Å². The van der Waals surface area contributed by atoms with Crippen molar-refractivity contribution >= 4 is 46.3 Å². The molecule has 0 aliphatic rings. The Kier molecular flexibility index (Phi) is 11.1. The standard InChI is InChI=1S/C24H29Cl2N3O6/c1-6-32-18-11-10-16(21(26)23(18)35-9-4)27-24(31)22(14(5)30)29-28-17-13-19(33-7-2)15(25)12-20(17)34-8-3/h10-13,22H,6-9H2,1-5H3,(H,27,31). The largest absolute Gasteiger partial charge is 0.492 e. The number of carbonyl (C=O) groups excluding carboxylic acids is 2. The van der Waals surface area contributed by atoms with Crippen LogP contribution in [-0.2, 0) is 9.59 Å². The first-order chi connectivity index (χ1) is 16.8. The molecule has 0 aliphatic carbocycles. The summed E-state index contributed by atoms with van der Waals surface area (Å²) in [5.41, 5.74) is 0.502. The van der Waals surface area contributed by atoms with E-state index in [1.54, 1.807) is 32.0 Å². The molecular weight excluding hydrogens is 497 g/mol. The molecule has 0 fully saturated rings. The lowest BCUT2D eigenvalue weighted by Gasteiger charge is -2.16. The second kappa shape index (κ2) is 13.7. The van der Waals surface area contributed by atoms with Crippen LogP contribution in [-0.4, -0.2) is 44.2 Å². The molecule has 2 rings (SSSR count). The van der Waals surface area contributed by atoms with E-state index in [4.69, 9.17) is 42.1 Å². The van der Waals surface area contributed by atoms with Gasteiger partial charge in [0.1, 0.15) is 22.2 Å². The highest BCUT2D eigenvalue weighted by Crippen LogP contribution is 2.41. The molecule has 0 saturated heterocycles. The van der Waals surface area contributed by atoms with Crippen molar-refractivity contribution < 1.29 is 28.5 Å². The summed E-state index contributed by atoms with van der Waals surface area (Å²) < 4.78 is 22.2. The second-order valence-corrected chi connectivity index (χ2v) is 7.74. The van der Waals surface area contributed by atoms with Crippen LogP contribution in [0.1, 0.15) is 34.6 Å². The lowest BCUT2D eigenvalue weighted by Crippen LogP contribution is -2.32. The molecule has 0 bridgehead atoms. The minimum atomic E-state index is -1.44. The number of hydrogen-bond acceptors (Lipinski definition) is 8. The fraction of sp³-hybridized carbons (Fsp3) is 0.417. The zero-order valence-electron chi connectivity index (χ0n) is 20.3. The highest BCUT2D eigenvalue weighted by molar-refractivity contribution is 6.35. The van der Waals surface area contributed by atoms with Crippen molar-refractivity contribution in [2.45, 2.75) is 40.7 Å². The van der Waals surface area contributed by atoms with Crippen LogP contribution in [0, 0.1) is 0 Å². The Morgan fingerprint density at radius 2 is 1.49 bits per heavy atom. The molecule has 9 nitrogen and oxygen atoms in total. The Hall–Kier alpha value is -3.04. The summed E-state index contributed by atoms with van der Waals surface area (Å²) in [6.45, 7) is 9.97. The lowest BCUT2D eigenvalue weighted by molar-refractivity contribution is -0.126. The molecule has 0 heterocycles. The van der Waals surface area contributed by atoms with E-state index in [-0.39, 0.29) is 16.4 Å². The van der Waals surface area contributed by atoms with Crippen molar-refractivity contribution in [1.82, 2.24) is 0 Å². The number of halogens is 2. The molecular formula is C24H29Cl2N3O6. The monoisotopic (exact) mass is 525 g/mol. The van der Waals surface area contributed by atoms with Gasteiger partial charge in [-0.2, -0.15) is 10.2 Å². The fourth-order valence-electron chi connectivity index (χ4n) is 2.96. The number of carbonyl (C=O) groups is 2. The predicted molar refractivity (Wildman–Crippen MR) is 135 cm³/mol. The number of amides is 1. The van der Waals surface area contributed by atoms with E-state index in [0.29, 0.717) is 54.4 Å². The number of anilines is 1. The lowest BCUT2D eigenvalue weighted by atomic mass is 10.2. The van der Waals surface area contributed by atoms with Crippen LogP contribution in [0.4, 0.5) is 11.4 Å². The average molecular weight is 526 g/mol. The van der Waals surface area contributed by atoms with Crippen molar-refractivity contribution in [3.63, 3.8) is 0 Å². The van der Waals surface area contributed by atoms with Gasteiger partial charge in [-0.1, -0.05) is 23.2 Å². The zero-order chi connectivity index (χ0) is 26.0. The third-order valence-electron chi connectivity index (χ3n) is 4.43. The molecule has 1 N–H and O–H groups in total. The first-order valence-corrected chi connectivity index (χ1v) is 11.9. The molecule has 2 aromatic rings. The van der Waals surface area contributed by atoms with Gasteiger partial charge in [-0.15, -0.1) is 0 Å². The van der Waals surface area contributed by atoms with Crippen LogP contribution in [0.25, 0.3) is 0 Å². The Labute approximate surface area is 214 Å². The van der Waals surface area contributed by atoms with Crippen molar-refractivity contribution in [1.29, 1.82) is 0 Å². The van der Waals surface area contributed by atoms with E-state index in [0.717, 1.165) is 0 Å². The van der Waals surface area contributed by atoms with E-state index >= 15 is 0 Å². The van der Waals surface area contributed by atoms with Gasteiger partial charge in [0.25, 0.3) is 5.91 Å². The van der Waals surface area contributed by atoms with E-state index in [2.05, 4.69) is 15.5 Å². The van der Waals surface area contributed by atoms with Gasteiger partial charge in [-0.05, 0) is 46.8 Å². The number of hydrogen-bond donors (Lipinski definition) is 1. The summed E-state index contributed by atoms with van der Waals surface area (Å²) in [6.07, 6.45) is 0. The average Bonchev–Trinajstić information content (AvgIpc) is 2.81. The van der Waals surface area contributed by atoms with E-state index in [1.807, 2.05) is 13.8 Å². The number of nitrogens with zero attached hydrogens (tertiary/aromatic N) is 2. The second-order valence-electron chi connectivity index (χ2n) is 6.95. The molecule has 0 aliphatic heterocycles. The molecule has 11 heteroatoms. The molecule has 0 radical (unpaired) electrons. The van der Waals surface area contributed by atoms with Gasteiger partial charge in [0.15, 0.2) is 17.3 Å². The molecule has 0 aromatic heterocycles. The van der Waals surface area contributed by atoms with Crippen molar-refractivity contribution in [3.05, 3.63) is 34.3 Å². The Bertz CT molecular complexity index is 1080. The molecule has 1 unspecified atom stereocenters. The van der Waals surface area contributed by atoms with Gasteiger partial charge in [0.05, 0.1) is 37.1 Å². The van der Waals surface area contributed by atoms with Crippen LogP contribution >= 0.6 is 23.2 Å². The highest BCUT2D eigenvalue weighted by Gasteiger charge is 2.25. The quantitative estimate of drug-likeness (QED) is 0.244. The van der Waals surface area contributed by atoms with Gasteiger partial charge in [-0.3, -0.25) is 9.59 Å². The van der Waals surface area contributed by atoms with E-state index in [9.17, 15) is 9.59 Å². The van der Waals surface area contributed by atoms with Crippen molar-refractivity contribution in [3.8, 4) is 23.0 Å². The normalized spacial score (nSPS) is 11.7. The molecule has 2 aromatic carbocycles. The fourth-order valence-corrected chi connectivity index (χ4v) is 3.43. The third-order valence-corrected chi connectivity index (χ3v) is 5.11. The molecule has 1 amide bonds. The van der Waals surface area contributed by atoms with Crippen LogP contribution in [0.3, 0.4) is 0 Å². The first-order valence-electron chi connectivity index (χ1n) is 11.2. The maximum atomic E-state index is 12.9. The van der Waals surface area contributed by atoms with Crippen LogP contribution in [0.15, 0.2) is 34.5 Å². The van der Waals surface area contributed by atoms with Gasteiger partial charge in [0.2, 0.25) is 6.04 Å². The number of ketones is 1. The highest BCUT2D eigenvalue weighted by atomic mass is 35.5. The summed E-state index contributed by atoms with van der Waals surface area (Å²) >= 11 is 12.7. The van der Waals surface area contributed by atoms with Gasteiger partial charge in [0, 0.05) is 12.1 Å². The molecule has 35 heavy (non-hydrogen) atoms. The van der Waals surface area contributed by atoms with E-state index in [1.165, 1.54) is 13.0 Å². The van der Waals surface area contributed by atoms with Crippen LogP contribution in [0.2, 0.25) is 10.0 Å². The Morgan fingerprint density at radius 3 is 2.09 bits per heavy atom. The summed E-state index contributed by atoms with van der Waals surface area (Å²) in [4.78, 5) is 25.2. The Morgan fingerprint density at radius 1 is 0.886 bits per heavy atom. The molecule has 0 spiro atoms. The van der Waals surface area contributed by atoms with Crippen LogP contribution in [0.5, 0.6) is 23.0 Å². The number of nitrogens with one attached hydrogen (secondary N) is 1. The minimum absolute atomic E-state index is 0.142. The number of azo groups is 1. The summed E-state index contributed by atoms with van der Waals surface area (Å²) in [5, 5.41) is 11.2. The zero-order valence-corrected chi connectivity index (χ0v) is 21.8. The number of ether oxygens (including phenoxy) is 4. The predicted octanol–water partition coefficient (Wildman–Crippen LogP) is 6.27. The first kappa shape index (κ1) is 28.2. The SMILES string of the molecule is CCOc1cc(N=NC(C(C)=O)C(=O)Nc2ccc(OCC)c(OCC)c2Cl)c(OCC)cc1Cl. The number of rotatable bonds is 13. The third kappa shape index (κ3) is 7.47. The molecule has 190 valence electrons. The van der Waals surface area contributed by atoms with E-state index < -0.39 is 17.7 Å². The van der Waals surface area contributed by atoms with Crippen molar-refractivity contribution in [2.75, 3.05) is 31.7 Å². The minimum Gasteiger partial charge on any atom is -0.492 e. The number of Topliss-reactive ketones (excluding diaryl/α,β-unsaturated/α-hetero) is 1. The maximum absolute atomic E-state index is 12.9. The summed E-state index contributed by atoms with van der Waals surface area (Å²) in [5.74, 6) is 0.211. The topological polar surface area (TPSA) is 108 Å². The smallest absolute Gasteiger partial charge is 0.258 e.